The number of fused-ring (bicyclic) bond motifs is 1. The Morgan fingerprint density at radius 1 is 1.17 bits per heavy atom. The lowest BCUT2D eigenvalue weighted by Gasteiger charge is -2.15. The van der Waals surface area contributed by atoms with Gasteiger partial charge in [-0.05, 0) is 79.8 Å². The summed E-state index contributed by atoms with van der Waals surface area (Å²) in [4.78, 5) is 29.0. The molecule has 0 spiro atoms. The highest BCUT2D eigenvalue weighted by Gasteiger charge is 2.22. The number of aromatic nitrogens is 3. The Kier molecular flexibility index (Phi) is 6.69. The van der Waals surface area contributed by atoms with Crippen LogP contribution < -0.4 is 15.0 Å². The molecule has 1 amide bonds. The second-order valence-corrected chi connectivity index (χ2v) is 10.0. The Labute approximate surface area is 215 Å². The van der Waals surface area contributed by atoms with Gasteiger partial charge in [0.05, 0.1) is 28.4 Å². The van der Waals surface area contributed by atoms with Crippen molar-refractivity contribution in [1.82, 2.24) is 15.0 Å². The summed E-state index contributed by atoms with van der Waals surface area (Å²) < 4.78 is 5.51. The number of hydrogen-bond acceptors (Lipinski definition) is 7. The molecule has 5 rings (SSSR count). The highest BCUT2D eigenvalue weighted by Crippen LogP contribution is 2.38. The number of benzene rings is 2. The smallest absolute Gasteiger partial charge is 0.227 e. The normalized spacial score (nSPS) is 12.5. The molecule has 1 aliphatic rings. The van der Waals surface area contributed by atoms with Crippen molar-refractivity contribution in [3.63, 3.8) is 0 Å². The summed E-state index contributed by atoms with van der Waals surface area (Å²) in [5.74, 6) is 1.40. The largest absolute Gasteiger partial charge is 0.497 e. The number of carbonyl (C=O) groups is 1. The molecule has 2 aromatic carbocycles. The molecule has 0 atom stereocenters. The van der Waals surface area contributed by atoms with Gasteiger partial charge in [-0.15, -0.1) is 11.3 Å². The quantitative estimate of drug-likeness (QED) is 0.327. The van der Waals surface area contributed by atoms with Crippen LogP contribution in [-0.4, -0.2) is 34.5 Å². The molecule has 1 N–H and O–H groups in total. The molecule has 0 unspecified atom stereocenters. The van der Waals surface area contributed by atoms with Crippen LogP contribution in [0.5, 0.6) is 5.75 Å². The predicted molar refractivity (Wildman–Crippen MR) is 145 cm³/mol. The molecule has 8 heteroatoms. The van der Waals surface area contributed by atoms with Gasteiger partial charge in [-0.2, -0.15) is 0 Å². The fourth-order valence-corrected chi connectivity index (χ4v) is 5.70. The van der Waals surface area contributed by atoms with Crippen molar-refractivity contribution in [2.75, 3.05) is 23.9 Å². The second-order valence-electron chi connectivity index (χ2n) is 8.93. The van der Waals surface area contributed by atoms with Crippen molar-refractivity contribution in [3.8, 4) is 27.6 Å². The van der Waals surface area contributed by atoms with Gasteiger partial charge in [-0.25, -0.2) is 15.0 Å². The molecule has 4 aromatic rings. The predicted octanol–water partition coefficient (Wildman–Crippen LogP) is 6.19. The van der Waals surface area contributed by atoms with E-state index in [4.69, 9.17) is 14.7 Å². The molecule has 3 heterocycles. The number of anilines is 3. The van der Waals surface area contributed by atoms with Gasteiger partial charge in [0.2, 0.25) is 11.9 Å². The Morgan fingerprint density at radius 2 is 2.03 bits per heavy atom. The van der Waals surface area contributed by atoms with Crippen LogP contribution in [0.2, 0.25) is 0 Å². The maximum Gasteiger partial charge on any atom is 0.227 e. The minimum Gasteiger partial charge on any atom is -0.497 e. The van der Waals surface area contributed by atoms with Crippen LogP contribution in [0.3, 0.4) is 0 Å². The third-order valence-electron chi connectivity index (χ3n) is 6.19. The SMILES string of the molecule is CCCc1nc(-c2cc(C)cc(OC)c2)c(-c2ccnc(Nc3ccc4c(c3)CCN4C(C)=O)n2)s1. The van der Waals surface area contributed by atoms with Gasteiger partial charge in [0, 0.05) is 36.6 Å². The van der Waals surface area contributed by atoms with E-state index >= 15 is 0 Å². The van der Waals surface area contributed by atoms with Crippen molar-refractivity contribution in [1.29, 1.82) is 0 Å². The number of hydrogen-bond donors (Lipinski definition) is 1. The van der Waals surface area contributed by atoms with E-state index in [1.807, 2.05) is 35.2 Å². The average molecular weight is 500 g/mol. The van der Waals surface area contributed by atoms with E-state index < -0.39 is 0 Å². The van der Waals surface area contributed by atoms with E-state index in [9.17, 15) is 4.79 Å². The summed E-state index contributed by atoms with van der Waals surface area (Å²) >= 11 is 1.68. The molecule has 0 fully saturated rings. The van der Waals surface area contributed by atoms with Gasteiger partial charge in [0.25, 0.3) is 0 Å². The van der Waals surface area contributed by atoms with E-state index in [1.165, 1.54) is 0 Å². The molecule has 0 radical (unpaired) electrons. The maximum atomic E-state index is 11.9. The van der Waals surface area contributed by atoms with Crippen LogP contribution in [-0.2, 0) is 17.6 Å². The lowest BCUT2D eigenvalue weighted by Crippen LogP contribution is -2.25. The van der Waals surface area contributed by atoms with Crippen LogP contribution in [0.4, 0.5) is 17.3 Å². The Morgan fingerprint density at radius 3 is 2.81 bits per heavy atom. The number of amides is 1. The number of carbonyl (C=O) groups excluding carboxylic acids is 1. The monoisotopic (exact) mass is 499 g/mol. The number of thiazole rings is 1. The number of methoxy groups -OCH3 is 1. The van der Waals surface area contributed by atoms with Crippen molar-refractivity contribution in [2.24, 2.45) is 0 Å². The minimum absolute atomic E-state index is 0.0690. The van der Waals surface area contributed by atoms with Gasteiger partial charge in [0.1, 0.15) is 5.75 Å². The van der Waals surface area contributed by atoms with Crippen LogP contribution in [0.1, 0.15) is 36.4 Å². The molecule has 7 nitrogen and oxygen atoms in total. The zero-order chi connectivity index (χ0) is 25.2. The lowest BCUT2D eigenvalue weighted by atomic mass is 10.1. The topological polar surface area (TPSA) is 80.2 Å². The van der Waals surface area contributed by atoms with E-state index in [2.05, 4.69) is 36.3 Å². The minimum atomic E-state index is 0.0690. The maximum absolute atomic E-state index is 11.9. The fourth-order valence-electron chi connectivity index (χ4n) is 4.54. The third kappa shape index (κ3) is 4.81. The Balaban J connectivity index is 1.48. The first-order valence-electron chi connectivity index (χ1n) is 12.1. The lowest BCUT2D eigenvalue weighted by molar-refractivity contribution is -0.116. The summed E-state index contributed by atoms with van der Waals surface area (Å²) in [5.41, 5.74) is 6.90. The average Bonchev–Trinajstić information content (AvgIpc) is 3.48. The summed E-state index contributed by atoms with van der Waals surface area (Å²) in [6.45, 7) is 6.55. The number of aryl methyl sites for hydroxylation is 2. The number of rotatable bonds is 7. The van der Waals surface area contributed by atoms with E-state index in [-0.39, 0.29) is 5.91 Å². The molecular formula is C28H29N5O2S. The van der Waals surface area contributed by atoms with Crippen LogP contribution >= 0.6 is 11.3 Å². The summed E-state index contributed by atoms with van der Waals surface area (Å²) in [5, 5.41) is 4.43. The van der Waals surface area contributed by atoms with Crippen molar-refractivity contribution in [2.45, 2.75) is 40.0 Å². The van der Waals surface area contributed by atoms with Crippen LogP contribution in [0.25, 0.3) is 21.8 Å². The van der Waals surface area contributed by atoms with E-state index in [0.717, 1.165) is 80.9 Å². The van der Waals surface area contributed by atoms with Gasteiger partial charge in [-0.3, -0.25) is 4.79 Å². The molecule has 0 saturated carbocycles. The summed E-state index contributed by atoms with van der Waals surface area (Å²) in [7, 11) is 1.68. The van der Waals surface area contributed by atoms with Crippen LogP contribution in [0.15, 0.2) is 48.7 Å². The first kappa shape index (κ1) is 23.9. The van der Waals surface area contributed by atoms with Gasteiger partial charge in [-0.1, -0.05) is 6.92 Å². The van der Waals surface area contributed by atoms with Crippen LogP contribution in [0, 0.1) is 6.92 Å². The van der Waals surface area contributed by atoms with E-state index in [0.29, 0.717) is 5.95 Å². The standard InChI is InChI=1S/C28H29N5O2S/c1-5-6-25-32-26(20-13-17(2)14-22(16-20)35-4)27(36-25)23-9-11-29-28(31-23)30-21-7-8-24-19(15-21)10-12-33(24)18(3)34/h7-9,11,13-16H,5-6,10,12H2,1-4H3,(H,29,30,31). The molecule has 1 aliphatic heterocycles. The number of nitrogens with zero attached hydrogens (tertiary/aromatic N) is 4. The summed E-state index contributed by atoms with van der Waals surface area (Å²) in [6, 6.07) is 14.1. The molecule has 0 saturated heterocycles. The molecular weight excluding hydrogens is 470 g/mol. The molecule has 0 aliphatic carbocycles. The van der Waals surface area contributed by atoms with Gasteiger partial charge in [0.15, 0.2) is 0 Å². The van der Waals surface area contributed by atoms with Crippen molar-refractivity contribution < 1.29 is 9.53 Å². The molecule has 184 valence electrons. The fraction of sp³-hybridized carbons (Fsp3) is 0.286. The summed E-state index contributed by atoms with van der Waals surface area (Å²) in [6.07, 6.45) is 4.56. The highest BCUT2D eigenvalue weighted by molar-refractivity contribution is 7.15. The zero-order valence-corrected chi connectivity index (χ0v) is 21.8. The van der Waals surface area contributed by atoms with Gasteiger partial charge >= 0.3 is 0 Å². The Hall–Kier alpha value is -3.78. The molecule has 36 heavy (non-hydrogen) atoms. The highest BCUT2D eigenvalue weighted by atomic mass is 32.1. The third-order valence-corrected chi connectivity index (χ3v) is 7.33. The molecule has 2 aromatic heterocycles. The first-order valence-corrected chi connectivity index (χ1v) is 12.9. The number of ether oxygens (including phenoxy) is 1. The van der Waals surface area contributed by atoms with Crippen molar-refractivity contribution >= 4 is 34.6 Å². The number of nitrogens with one attached hydrogen (secondary N) is 1. The second kappa shape index (κ2) is 10.1. The van der Waals surface area contributed by atoms with Crippen molar-refractivity contribution in [3.05, 3.63) is 64.8 Å². The zero-order valence-electron chi connectivity index (χ0n) is 21.0. The Bertz CT molecular complexity index is 1430. The first-order chi connectivity index (χ1) is 17.4. The van der Waals surface area contributed by atoms with Gasteiger partial charge < -0.3 is 15.0 Å². The molecule has 0 bridgehead atoms. The van der Waals surface area contributed by atoms with E-state index in [1.54, 1.807) is 31.6 Å².